The van der Waals surface area contributed by atoms with Gasteiger partial charge in [0.1, 0.15) is 0 Å². The van der Waals surface area contributed by atoms with Crippen LogP contribution in [0.5, 0.6) is 11.5 Å². The fourth-order valence-corrected chi connectivity index (χ4v) is 10.2. The Hall–Kier alpha value is -7.43. The molecule has 0 bridgehead atoms. The Labute approximate surface area is 361 Å². The molecule has 0 aliphatic carbocycles. The number of halogens is 4. The second-order valence-corrected chi connectivity index (χ2v) is 16.2. The van der Waals surface area contributed by atoms with Gasteiger partial charge < -0.3 is 19.3 Å². The van der Waals surface area contributed by atoms with E-state index in [-0.39, 0.29) is 24.2 Å². The van der Waals surface area contributed by atoms with Crippen molar-refractivity contribution < 1.29 is 41.4 Å². The lowest BCUT2D eigenvalue weighted by molar-refractivity contribution is 0.0561. The number of carbonyl (C=O) groups is 3. The van der Waals surface area contributed by atoms with Crippen LogP contribution in [-0.4, -0.2) is 72.5 Å². The average Bonchev–Trinajstić information content (AvgIpc) is 4.00. The van der Waals surface area contributed by atoms with E-state index in [0.717, 1.165) is 24.5 Å². The van der Waals surface area contributed by atoms with Gasteiger partial charge in [-0.3, -0.25) is 19.2 Å². The molecule has 2 aromatic heterocycles. The van der Waals surface area contributed by atoms with Crippen molar-refractivity contribution in [3.8, 4) is 11.5 Å². The smallest absolute Gasteiger partial charge is 0.388 e. The maximum Gasteiger partial charge on any atom is 0.519 e. The van der Waals surface area contributed by atoms with Crippen molar-refractivity contribution in [2.45, 2.75) is 61.7 Å². The Balaban J connectivity index is 1.07. The van der Waals surface area contributed by atoms with E-state index >= 15 is 8.78 Å². The highest BCUT2D eigenvalue weighted by Gasteiger charge is 2.51. The van der Waals surface area contributed by atoms with Crippen molar-refractivity contribution in [2.75, 3.05) is 13.1 Å². The number of hydrogen-bond acceptors (Lipinski definition) is 9. The summed E-state index contributed by atoms with van der Waals surface area (Å²) in [5.41, 5.74) is -1.96. The second kappa shape index (κ2) is 16.0. The Bertz CT molecular complexity index is 2790. The van der Waals surface area contributed by atoms with Crippen LogP contribution in [0.2, 0.25) is 0 Å². The van der Waals surface area contributed by atoms with Gasteiger partial charge in [-0.15, -0.1) is 0 Å². The first kappa shape index (κ1) is 40.6. The minimum absolute atomic E-state index is 0.0356. The summed E-state index contributed by atoms with van der Waals surface area (Å²) in [6.07, 6.45) is 1.91. The molecule has 2 saturated heterocycles. The number of aromatic nitrogens is 4. The van der Waals surface area contributed by atoms with E-state index in [1.807, 2.05) is 0 Å². The van der Waals surface area contributed by atoms with Crippen molar-refractivity contribution in [3.05, 3.63) is 187 Å². The van der Waals surface area contributed by atoms with Crippen molar-refractivity contribution >= 4 is 18.0 Å². The predicted octanol–water partition coefficient (Wildman–Crippen LogP) is 6.92. The van der Waals surface area contributed by atoms with E-state index in [1.54, 1.807) is 60.7 Å². The molecule has 0 saturated carbocycles. The topological polar surface area (TPSA) is 146 Å². The molecule has 4 aliphatic rings. The van der Waals surface area contributed by atoms with E-state index < -0.39 is 111 Å². The lowest BCUT2D eigenvalue weighted by Crippen LogP contribution is -2.51. The van der Waals surface area contributed by atoms with Gasteiger partial charge in [0.2, 0.25) is 22.4 Å². The summed E-state index contributed by atoms with van der Waals surface area (Å²) in [4.78, 5) is 73.0. The van der Waals surface area contributed by atoms with Gasteiger partial charge in [0.05, 0.1) is 36.6 Å². The number of fused-ring (bicyclic) bond motifs is 4. The van der Waals surface area contributed by atoms with Crippen molar-refractivity contribution in [3.63, 3.8) is 0 Å². The standard InChI is InChI=1S/C47H36F4N6O7/c48-29-17-7-15-27(37(29)50)35(25-11-3-1-4-12-25)39-31-19-9-21-54(31)45(60)41-43(33(58)23-52-56(39)41)63-47(62)64-44-34(59)24-53-57-40(32-20-10-22-55(32)46(61)42(44)57)36(26-13-5-2-6-14-26)28-16-8-18-30(49)38(28)51/h1-8,11-18,23-24,31-32,35-36,39-40H,9-10,19-22H2/t31-,32-,35-,36-,39-,40-/m1/s1. The predicted molar refractivity (Wildman–Crippen MR) is 219 cm³/mol. The van der Waals surface area contributed by atoms with Gasteiger partial charge in [0.25, 0.3) is 11.8 Å². The lowest BCUT2D eigenvalue weighted by atomic mass is 9.79. The van der Waals surface area contributed by atoms with E-state index in [1.165, 1.54) is 43.4 Å². The third kappa shape index (κ3) is 6.55. The molecule has 4 aromatic carbocycles. The van der Waals surface area contributed by atoms with Crippen LogP contribution in [0.15, 0.2) is 119 Å². The number of ether oxygens (including phenoxy) is 2. The van der Waals surface area contributed by atoms with Crippen molar-refractivity contribution in [2.24, 2.45) is 0 Å². The molecule has 6 heterocycles. The summed E-state index contributed by atoms with van der Waals surface area (Å²) in [5.74, 6) is -9.43. The first-order valence-corrected chi connectivity index (χ1v) is 20.8. The third-order valence-electron chi connectivity index (χ3n) is 12.8. The van der Waals surface area contributed by atoms with Gasteiger partial charge in [-0.25, -0.2) is 31.7 Å². The molecule has 17 heteroatoms. The largest absolute Gasteiger partial charge is 0.519 e. The Morgan fingerprint density at radius 1 is 0.562 bits per heavy atom. The molecule has 0 radical (unpaired) electrons. The maximum atomic E-state index is 15.8. The van der Waals surface area contributed by atoms with Crippen LogP contribution in [0.3, 0.4) is 0 Å². The maximum absolute atomic E-state index is 15.8. The fourth-order valence-electron chi connectivity index (χ4n) is 10.2. The number of hydrogen-bond donors (Lipinski definition) is 0. The highest BCUT2D eigenvalue weighted by Crippen LogP contribution is 2.48. The molecule has 10 rings (SSSR count). The molecule has 6 atom stereocenters. The van der Waals surface area contributed by atoms with Crippen LogP contribution in [-0.2, 0) is 0 Å². The summed E-state index contributed by atoms with van der Waals surface area (Å²) >= 11 is 0. The van der Waals surface area contributed by atoms with Gasteiger partial charge >= 0.3 is 6.16 Å². The first-order valence-electron chi connectivity index (χ1n) is 20.8. The molecular weight excluding hydrogens is 837 g/mol. The van der Waals surface area contributed by atoms with E-state index in [2.05, 4.69) is 10.2 Å². The molecule has 13 nitrogen and oxygen atoms in total. The van der Waals surface area contributed by atoms with Gasteiger partial charge in [-0.05, 0) is 48.9 Å². The number of carbonyl (C=O) groups excluding carboxylic acids is 3. The Morgan fingerprint density at radius 3 is 1.38 bits per heavy atom. The zero-order chi connectivity index (χ0) is 44.4. The minimum atomic E-state index is -1.68. The zero-order valence-corrected chi connectivity index (χ0v) is 33.7. The quantitative estimate of drug-likeness (QED) is 0.118. The molecule has 6 aromatic rings. The summed E-state index contributed by atoms with van der Waals surface area (Å²) in [6, 6.07) is 21.8. The summed E-state index contributed by atoms with van der Waals surface area (Å²) in [5, 5.41) is 8.66. The second-order valence-electron chi connectivity index (χ2n) is 16.2. The Kier molecular flexibility index (Phi) is 10.2. The number of benzene rings is 4. The van der Waals surface area contributed by atoms with Crippen LogP contribution in [0.25, 0.3) is 0 Å². The van der Waals surface area contributed by atoms with E-state index in [9.17, 15) is 32.8 Å². The van der Waals surface area contributed by atoms with Gasteiger partial charge in [0, 0.05) is 36.1 Å². The van der Waals surface area contributed by atoms with Crippen molar-refractivity contribution in [1.29, 1.82) is 0 Å². The van der Waals surface area contributed by atoms with Crippen LogP contribution >= 0.6 is 0 Å². The Morgan fingerprint density at radius 2 is 0.969 bits per heavy atom. The van der Waals surface area contributed by atoms with Crippen LogP contribution in [0.1, 0.15) is 92.8 Å². The zero-order valence-electron chi connectivity index (χ0n) is 33.7. The molecule has 0 unspecified atom stereocenters. The minimum Gasteiger partial charge on any atom is -0.388 e. The normalized spacial score (nSPS) is 20.8. The number of amides is 2. The van der Waals surface area contributed by atoms with Crippen molar-refractivity contribution in [1.82, 2.24) is 29.4 Å². The first-order chi connectivity index (χ1) is 31.0. The molecule has 64 heavy (non-hydrogen) atoms. The molecule has 324 valence electrons. The fraction of sp³-hybridized carbons (Fsp3) is 0.255. The molecule has 0 spiro atoms. The SMILES string of the molecule is O=C(Oc1c2n(ncc1=O)[C@@H]([C@H](c1ccccc1)c1cccc(F)c1F)[C@H]1CCCN1C2=O)Oc1c2n(ncc1=O)[C@@H]([C@H](c1ccccc1)c1cccc(F)c1F)[C@H]1CCCN1C2=O. The molecule has 2 fully saturated rings. The van der Waals surface area contributed by atoms with E-state index in [4.69, 9.17) is 9.47 Å². The lowest BCUT2D eigenvalue weighted by Gasteiger charge is -2.43. The summed E-state index contributed by atoms with van der Waals surface area (Å²) < 4.78 is 75.0. The van der Waals surface area contributed by atoms with Crippen LogP contribution in [0.4, 0.5) is 22.4 Å². The monoisotopic (exact) mass is 872 g/mol. The van der Waals surface area contributed by atoms with E-state index in [0.29, 0.717) is 36.8 Å². The third-order valence-corrected chi connectivity index (χ3v) is 12.8. The summed E-state index contributed by atoms with van der Waals surface area (Å²) in [6.45, 7) is 0.453. The highest BCUT2D eigenvalue weighted by atomic mass is 19.2. The van der Waals surface area contributed by atoms with Gasteiger partial charge in [-0.1, -0.05) is 84.9 Å². The average molecular weight is 873 g/mol. The molecular formula is C47H36F4N6O7. The summed E-state index contributed by atoms with van der Waals surface area (Å²) in [7, 11) is 0. The molecule has 2 amide bonds. The molecule has 4 aliphatic heterocycles. The van der Waals surface area contributed by atoms with Gasteiger partial charge in [0.15, 0.2) is 34.7 Å². The number of rotatable bonds is 8. The van der Waals surface area contributed by atoms with Crippen LogP contribution < -0.4 is 20.3 Å². The number of nitrogens with zero attached hydrogens (tertiary/aromatic N) is 6. The van der Waals surface area contributed by atoms with Crippen LogP contribution in [0, 0.1) is 23.3 Å². The van der Waals surface area contributed by atoms with Gasteiger partial charge in [-0.2, -0.15) is 10.2 Å². The molecule has 0 N–H and O–H groups in total. The highest BCUT2D eigenvalue weighted by molar-refractivity contribution is 5.98.